The zero-order valence-corrected chi connectivity index (χ0v) is 7.02. The van der Waals surface area contributed by atoms with Gasteiger partial charge in [0, 0.05) is 5.69 Å². The lowest BCUT2D eigenvalue weighted by Gasteiger charge is -2.05. The molecule has 0 bridgehead atoms. The molecule has 0 saturated carbocycles. The number of anilines is 1. The molecular formula is C7H4ClF2N3. The van der Waals surface area contributed by atoms with Crippen molar-refractivity contribution in [2.45, 2.75) is 6.43 Å². The number of nitriles is 1. The lowest BCUT2D eigenvalue weighted by Crippen LogP contribution is -2.01. The molecule has 1 aromatic heterocycles. The number of aromatic nitrogens is 1. The van der Waals surface area contributed by atoms with E-state index in [1.807, 2.05) is 0 Å². The minimum Gasteiger partial charge on any atom is -0.398 e. The Balaban J connectivity index is 3.41. The van der Waals surface area contributed by atoms with Crippen LogP contribution in [0.5, 0.6) is 0 Å². The molecule has 0 aliphatic heterocycles. The molecule has 0 amide bonds. The first-order chi connectivity index (χ1) is 6.06. The van der Waals surface area contributed by atoms with Crippen LogP contribution in [0.15, 0.2) is 6.07 Å². The van der Waals surface area contributed by atoms with Crippen molar-refractivity contribution in [1.29, 1.82) is 5.26 Å². The van der Waals surface area contributed by atoms with Crippen LogP contribution in [0, 0.1) is 11.3 Å². The van der Waals surface area contributed by atoms with E-state index < -0.39 is 17.7 Å². The fraction of sp³-hybridized carbons (Fsp3) is 0.143. The summed E-state index contributed by atoms with van der Waals surface area (Å²) in [6.07, 6.45) is -2.82. The SMILES string of the molecule is N#Cc1nc(Cl)cc(N)c1C(F)F. The quantitative estimate of drug-likeness (QED) is 0.711. The van der Waals surface area contributed by atoms with Crippen LogP contribution >= 0.6 is 11.6 Å². The lowest BCUT2D eigenvalue weighted by atomic mass is 10.2. The summed E-state index contributed by atoms with van der Waals surface area (Å²) in [7, 11) is 0. The van der Waals surface area contributed by atoms with Crippen molar-refractivity contribution in [3.05, 3.63) is 22.5 Å². The molecule has 0 atom stereocenters. The molecule has 0 aromatic carbocycles. The van der Waals surface area contributed by atoms with Gasteiger partial charge in [-0.25, -0.2) is 13.8 Å². The molecule has 0 saturated heterocycles. The molecule has 1 rings (SSSR count). The second kappa shape index (κ2) is 3.54. The predicted molar refractivity (Wildman–Crippen MR) is 43.3 cm³/mol. The maximum atomic E-state index is 12.3. The van der Waals surface area contributed by atoms with E-state index in [2.05, 4.69) is 4.98 Å². The molecular weight excluding hydrogens is 200 g/mol. The molecule has 0 aliphatic rings. The topological polar surface area (TPSA) is 62.7 Å². The highest BCUT2D eigenvalue weighted by molar-refractivity contribution is 6.29. The zero-order valence-electron chi connectivity index (χ0n) is 6.26. The van der Waals surface area contributed by atoms with Crippen molar-refractivity contribution in [2.24, 2.45) is 0 Å². The molecule has 0 aliphatic carbocycles. The van der Waals surface area contributed by atoms with Gasteiger partial charge in [0.25, 0.3) is 6.43 Å². The summed E-state index contributed by atoms with van der Waals surface area (Å²) >= 11 is 5.42. The minimum atomic E-state index is -2.82. The summed E-state index contributed by atoms with van der Waals surface area (Å²) in [5.41, 5.74) is 4.03. The van der Waals surface area contributed by atoms with Crippen molar-refractivity contribution in [3.8, 4) is 6.07 Å². The largest absolute Gasteiger partial charge is 0.398 e. The number of rotatable bonds is 1. The molecule has 0 spiro atoms. The summed E-state index contributed by atoms with van der Waals surface area (Å²) in [5.74, 6) is 0. The van der Waals surface area contributed by atoms with E-state index >= 15 is 0 Å². The van der Waals surface area contributed by atoms with E-state index in [1.54, 1.807) is 0 Å². The van der Waals surface area contributed by atoms with E-state index in [4.69, 9.17) is 22.6 Å². The number of hydrogen-bond acceptors (Lipinski definition) is 3. The highest BCUT2D eigenvalue weighted by Crippen LogP contribution is 2.28. The number of nitrogens with two attached hydrogens (primary N) is 1. The fourth-order valence-electron chi connectivity index (χ4n) is 0.857. The van der Waals surface area contributed by atoms with Crippen molar-refractivity contribution in [1.82, 2.24) is 4.98 Å². The monoisotopic (exact) mass is 203 g/mol. The third-order valence-corrected chi connectivity index (χ3v) is 1.58. The van der Waals surface area contributed by atoms with Crippen LogP contribution in [-0.2, 0) is 0 Å². The summed E-state index contributed by atoms with van der Waals surface area (Å²) in [6.45, 7) is 0. The maximum absolute atomic E-state index is 12.3. The Morgan fingerprint density at radius 2 is 2.23 bits per heavy atom. The molecule has 3 nitrogen and oxygen atoms in total. The third kappa shape index (κ3) is 1.84. The number of alkyl halides is 2. The van der Waals surface area contributed by atoms with Gasteiger partial charge in [0.05, 0.1) is 5.56 Å². The molecule has 13 heavy (non-hydrogen) atoms. The number of nitrogen functional groups attached to an aromatic ring is 1. The molecule has 2 N–H and O–H groups in total. The standard InChI is InChI=1S/C7H4ClF2N3/c8-5-1-3(12)6(7(9)10)4(2-11)13-5/h1,7H,(H2,12,13). The van der Waals surface area contributed by atoms with Gasteiger partial charge in [-0.1, -0.05) is 11.6 Å². The van der Waals surface area contributed by atoms with E-state index in [0.717, 1.165) is 6.07 Å². The van der Waals surface area contributed by atoms with Gasteiger partial charge in [0.1, 0.15) is 11.2 Å². The van der Waals surface area contributed by atoms with Gasteiger partial charge in [-0.15, -0.1) is 0 Å². The predicted octanol–water partition coefficient (Wildman–Crippen LogP) is 2.13. The summed E-state index contributed by atoms with van der Waals surface area (Å²) < 4.78 is 24.6. The summed E-state index contributed by atoms with van der Waals surface area (Å²) in [6, 6.07) is 2.59. The maximum Gasteiger partial charge on any atom is 0.268 e. The Morgan fingerprint density at radius 1 is 1.62 bits per heavy atom. The van der Waals surface area contributed by atoms with Gasteiger partial charge in [-0.3, -0.25) is 0 Å². The van der Waals surface area contributed by atoms with Crippen LogP contribution in [0.4, 0.5) is 14.5 Å². The Hall–Kier alpha value is -1.41. The molecule has 0 radical (unpaired) electrons. The number of pyridine rings is 1. The van der Waals surface area contributed by atoms with Crippen LogP contribution in [0.25, 0.3) is 0 Å². The van der Waals surface area contributed by atoms with Crippen molar-refractivity contribution in [3.63, 3.8) is 0 Å². The normalized spacial score (nSPS) is 10.1. The molecule has 1 heterocycles. The van der Waals surface area contributed by atoms with Crippen molar-refractivity contribution >= 4 is 17.3 Å². The molecule has 0 unspecified atom stereocenters. The van der Waals surface area contributed by atoms with Gasteiger partial charge in [-0.2, -0.15) is 5.26 Å². The molecule has 6 heteroatoms. The van der Waals surface area contributed by atoms with Crippen LogP contribution in [0.2, 0.25) is 5.15 Å². The van der Waals surface area contributed by atoms with Crippen LogP contribution in [0.3, 0.4) is 0 Å². The number of hydrogen-bond donors (Lipinski definition) is 1. The number of nitrogens with zero attached hydrogens (tertiary/aromatic N) is 2. The number of halogens is 3. The second-order valence-corrected chi connectivity index (χ2v) is 2.60. The smallest absolute Gasteiger partial charge is 0.268 e. The van der Waals surface area contributed by atoms with Crippen LogP contribution in [0.1, 0.15) is 17.7 Å². The Bertz CT molecular complexity index is 373. The summed E-state index contributed by atoms with van der Waals surface area (Å²) in [5, 5.41) is 8.39. The van der Waals surface area contributed by atoms with Gasteiger partial charge in [-0.05, 0) is 6.07 Å². The molecule has 0 fully saturated rings. The summed E-state index contributed by atoms with van der Waals surface area (Å²) in [4.78, 5) is 3.42. The Labute approximate surface area is 77.7 Å². The second-order valence-electron chi connectivity index (χ2n) is 2.21. The van der Waals surface area contributed by atoms with Gasteiger partial charge < -0.3 is 5.73 Å². The van der Waals surface area contributed by atoms with E-state index in [-0.39, 0.29) is 10.8 Å². The highest BCUT2D eigenvalue weighted by atomic mass is 35.5. The van der Waals surface area contributed by atoms with Crippen molar-refractivity contribution in [2.75, 3.05) is 5.73 Å². The van der Waals surface area contributed by atoms with Gasteiger partial charge in [0.2, 0.25) is 0 Å². The fourth-order valence-corrected chi connectivity index (χ4v) is 1.06. The Kier molecular flexibility index (Phi) is 2.63. The lowest BCUT2D eigenvalue weighted by molar-refractivity contribution is 0.151. The van der Waals surface area contributed by atoms with Crippen LogP contribution < -0.4 is 5.73 Å². The average molecular weight is 204 g/mol. The first kappa shape index (κ1) is 9.68. The first-order valence-electron chi connectivity index (χ1n) is 3.20. The van der Waals surface area contributed by atoms with E-state index in [0.29, 0.717) is 0 Å². The zero-order chi connectivity index (χ0) is 10.0. The Morgan fingerprint density at radius 3 is 2.69 bits per heavy atom. The molecule has 1 aromatic rings. The first-order valence-corrected chi connectivity index (χ1v) is 3.58. The van der Waals surface area contributed by atoms with Gasteiger partial charge >= 0.3 is 0 Å². The average Bonchev–Trinajstić information content (AvgIpc) is 2.01. The highest BCUT2D eigenvalue weighted by Gasteiger charge is 2.18. The van der Waals surface area contributed by atoms with E-state index in [1.165, 1.54) is 6.07 Å². The minimum absolute atomic E-state index is 0.0709. The van der Waals surface area contributed by atoms with Crippen LogP contribution in [-0.4, -0.2) is 4.98 Å². The van der Waals surface area contributed by atoms with E-state index in [9.17, 15) is 8.78 Å². The molecule has 68 valence electrons. The third-order valence-electron chi connectivity index (χ3n) is 1.38. The van der Waals surface area contributed by atoms with Crippen molar-refractivity contribution < 1.29 is 8.78 Å². The van der Waals surface area contributed by atoms with Gasteiger partial charge in [0.15, 0.2) is 5.69 Å².